The third-order valence-corrected chi connectivity index (χ3v) is 3.57. The number of carbonyl (C=O) groups excluding carboxylic acids is 1. The fourth-order valence-electron chi connectivity index (χ4n) is 1.92. The molecule has 0 amide bonds. The van der Waals surface area contributed by atoms with Gasteiger partial charge in [-0.25, -0.2) is 0 Å². The van der Waals surface area contributed by atoms with Crippen molar-refractivity contribution in [2.24, 2.45) is 11.8 Å². The lowest BCUT2D eigenvalue weighted by molar-refractivity contribution is -0.147. The van der Waals surface area contributed by atoms with E-state index in [-0.39, 0.29) is 24.4 Å². The molecule has 1 aliphatic rings. The summed E-state index contributed by atoms with van der Waals surface area (Å²) in [5.74, 6) is 1.01. The van der Waals surface area contributed by atoms with Crippen molar-refractivity contribution in [2.75, 3.05) is 0 Å². The van der Waals surface area contributed by atoms with Crippen LogP contribution in [-0.4, -0.2) is 16.1 Å². The first-order chi connectivity index (χ1) is 9.63. The molecule has 1 heterocycles. The van der Waals surface area contributed by atoms with Gasteiger partial charge in [0.25, 0.3) is 5.89 Å². The molecule has 0 N–H and O–H groups in total. The van der Waals surface area contributed by atoms with E-state index in [1.807, 2.05) is 6.92 Å². The van der Waals surface area contributed by atoms with Crippen LogP contribution in [0.5, 0.6) is 0 Å². The number of ether oxygens (including phenoxy) is 1. The molecule has 1 aliphatic carbocycles. The summed E-state index contributed by atoms with van der Waals surface area (Å²) in [5.41, 5.74) is 0.798. The molecule has 5 nitrogen and oxygen atoms in total. The normalized spacial score (nSPS) is 20.7. The number of carbonyl (C=O) groups is 1. The Labute approximate surface area is 120 Å². The summed E-state index contributed by atoms with van der Waals surface area (Å²) in [4.78, 5) is 15.8. The van der Waals surface area contributed by atoms with Gasteiger partial charge in [-0.3, -0.25) is 4.79 Å². The minimum atomic E-state index is -0.191. The van der Waals surface area contributed by atoms with Crippen molar-refractivity contribution < 1.29 is 14.1 Å². The minimum Gasteiger partial charge on any atom is -0.455 e. The molecule has 1 saturated carbocycles. The molecule has 0 spiro atoms. The van der Waals surface area contributed by atoms with E-state index in [9.17, 15) is 4.79 Å². The molecule has 0 aliphatic heterocycles. The van der Waals surface area contributed by atoms with Crippen LogP contribution < -0.4 is 0 Å². The number of hydrogen-bond donors (Lipinski definition) is 0. The molecule has 1 aromatic carbocycles. The zero-order chi connectivity index (χ0) is 14.1. The number of esters is 1. The molecule has 2 aromatic rings. The van der Waals surface area contributed by atoms with Crippen LogP contribution in [0.15, 0.2) is 28.8 Å². The van der Waals surface area contributed by atoms with Crippen LogP contribution in [0.25, 0.3) is 11.4 Å². The standard InChI is InChI=1S/C14H13ClN2O3/c1-8-6-11(8)14(18)19-7-12-16-13(17-20-12)9-2-4-10(15)5-3-9/h2-5,8,11H,6-7H2,1H3/t8-,11+/m0/s1. The van der Waals surface area contributed by atoms with Gasteiger partial charge in [0.1, 0.15) is 0 Å². The SMILES string of the molecule is C[C@H]1C[C@H]1C(=O)OCc1nc(-c2ccc(Cl)cc2)no1. The first kappa shape index (κ1) is 13.1. The Morgan fingerprint density at radius 2 is 2.15 bits per heavy atom. The Morgan fingerprint density at radius 1 is 1.45 bits per heavy atom. The third kappa shape index (κ3) is 2.82. The average Bonchev–Trinajstić information content (AvgIpc) is 3.00. The predicted molar refractivity (Wildman–Crippen MR) is 71.8 cm³/mol. The van der Waals surface area contributed by atoms with E-state index in [0.717, 1.165) is 12.0 Å². The molecule has 2 atom stereocenters. The lowest BCUT2D eigenvalue weighted by Gasteiger charge is -1.99. The van der Waals surface area contributed by atoms with Gasteiger partial charge >= 0.3 is 5.97 Å². The summed E-state index contributed by atoms with van der Waals surface area (Å²) in [6.07, 6.45) is 0.901. The first-order valence-corrected chi connectivity index (χ1v) is 6.76. The fourth-order valence-corrected chi connectivity index (χ4v) is 2.05. The number of rotatable bonds is 4. The van der Waals surface area contributed by atoms with Gasteiger partial charge in [0.05, 0.1) is 5.92 Å². The lowest BCUT2D eigenvalue weighted by atomic mass is 10.2. The number of nitrogens with zero attached hydrogens (tertiary/aromatic N) is 2. The highest BCUT2D eigenvalue weighted by Crippen LogP contribution is 2.38. The third-order valence-electron chi connectivity index (χ3n) is 3.32. The van der Waals surface area contributed by atoms with Crippen LogP contribution >= 0.6 is 11.6 Å². The molecular formula is C14H13ClN2O3. The maximum atomic E-state index is 11.6. The molecule has 0 radical (unpaired) electrons. The van der Waals surface area contributed by atoms with Crippen molar-refractivity contribution in [1.29, 1.82) is 0 Å². The Kier molecular flexibility index (Phi) is 3.44. The second-order valence-electron chi connectivity index (χ2n) is 4.95. The van der Waals surface area contributed by atoms with Crippen LogP contribution in [0.2, 0.25) is 5.02 Å². The smallest absolute Gasteiger partial charge is 0.309 e. The van der Waals surface area contributed by atoms with Crippen molar-refractivity contribution in [3.63, 3.8) is 0 Å². The highest BCUT2D eigenvalue weighted by atomic mass is 35.5. The average molecular weight is 293 g/mol. The monoisotopic (exact) mass is 292 g/mol. The Morgan fingerprint density at radius 3 is 2.80 bits per heavy atom. The van der Waals surface area contributed by atoms with E-state index >= 15 is 0 Å². The van der Waals surface area contributed by atoms with Crippen LogP contribution in [-0.2, 0) is 16.1 Å². The summed E-state index contributed by atoms with van der Waals surface area (Å²) in [6.45, 7) is 2.04. The molecule has 6 heteroatoms. The fraction of sp³-hybridized carbons (Fsp3) is 0.357. The Hall–Kier alpha value is -1.88. The summed E-state index contributed by atoms with van der Waals surface area (Å²) in [7, 11) is 0. The first-order valence-electron chi connectivity index (χ1n) is 6.38. The highest BCUT2D eigenvalue weighted by molar-refractivity contribution is 6.30. The zero-order valence-corrected chi connectivity index (χ0v) is 11.6. The number of aromatic nitrogens is 2. The van der Waals surface area contributed by atoms with E-state index in [0.29, 0.717) is 16.8 Å². The molecular weight excluding hydrogens is 280 g/mol. The van der Waals surface area contributed by atoms with Gasteiger partial charge in [-0.15, -0.1) is 0 Å². The summed E-state index contributed by atoms with van der Waals surface area (Å²) < 4.78 is 10.2. The summed E-state index contributed by atoms with van der Waals surface area (Å²) >= 11 is 5.81. The molecule has 1 aromatic heterocycles. The van der Waals surface area contributed by atoms with E-state index in [1.165, 1.54) is 0 Å². The van der Waals surface area contributed by atoms with Crippen LogP contribution in [0.3, 0.4) is 0 Å². The quantitative estimate of drug-likeness (QED) is 0.810. The van der Waals surface area contributed by atoms with E-state index < -0.39 is 0 Å². The molecule has 1 fully saturated rings. The Balaban J connectivity index is 1.62. The molecule has 0 unspecified atom stereocenters. The maximum Gasteiger partial charge on any atom is 0.309 e. The van der Waals surface area contributed by atoms with Crippen molar-refractivity contribution in [1.82, 2.24) is 10.1 Å². The lowest BCUT2D eigenvalue weighted by Crippen LogP contribution is -2.07. The van der Waals surface area contributed by atoms with Crippen molar-refractivity contribution in [3.8, 4) is 11.4 Å². The number of halogens is 1. The van der Waals surface area contributed by atoms with Gasteiger partial charge in [0.15, 0.2) is 6.61 Å². The highest BCUT2D eigenvalue weighted by Gasteiger charge is 2.40. The zero-order valence-electron chi connectivity index (χ0n) is 10.9. The summed E-state index contributed by atoms with van der Waals surface area (Å²) in [5, 5.41) is 4.49. The van der Waals surface area contributed by atoms with E-state index in [4.69, 9.17) is 20.9 Å². The van der Waals surface area contributed by atoms with Crippen LogP contribution in [0, 0.1) is 11.8 Å². The van der Waals surface area contributed by atoms with Crippen LogP contribution in [0.4, 0.5) is 0 Å². The Bertz CT molecular complexity index is 624. The van der Waals surface area contributed by atoms with Gasteiger partial charge in [-0.1, -0.05) is 23.7 Å². The molecule has 20 heavy (non-hydrogen) atoms. The van der Waals surface area contributed by atoms with E-state index in [2.05, 4.69) is 10.1 Å². The van der Waals surface area contributed by atoms with Gasteiger partial charge in [0, 0.05) is 10.6 Å². The number of benzene rings is 1. The van der Waals surface area contributed by atoms with Crippen molar-refractivity contribution >= 4 is 17.6 Å². The van der Waals surface area contributed by atoms with Crippen molar-refractivity contribution in [2.45, 2.75) is 20.0 Å². The second-order valence-corrected chi connectivity index (χ2v) is 5.38. The maximum absolute atomic E-state index is 11.6. The van der Waals surface area contributed by atoms with E-state index in [1.54, 1.807) is 24.3 Å². The molecule has 3 rings (SSSR count). The number of hydrogen-bond acceptors (Lipinski definition) is 5. The predicted octanol–water partition coefficient (Wildman–Crippen LogP) is 3.09. The van der Waals surface area contributed by atoms with Gasteiger partial charge in [-0.2, -0.15) is 4.98 Å². The largest absolute Gasteiger partial charge is 0.455 e. The second kappa shape index (κ2) is 5.25. The topological polar surface area (TPSA) is 65.2 Å². The molecule has 0 saturated heterocycles. The molecule has 104 valence electrons. The minimum absolute atomic E-state index is 0.0165. The van der Waals surface area contributed by atoms with Gasteiger partial charge in [-0.05, 0) is 36.6 Å². The van der Waals surface area contributed by atoms with Crippen molar-refractivity contribution in [3.05, 3.63) is 35.2 Å². The van der Waals surface area contributed by atoms with Gasteiger partial charge in [0.2, 0.25) is 5.82 Å². The van der Waals surface area contributed by atoms with Gasteiger partial charge < -0.3 is 9.26 Å². The van der Waals surface area contributed by atoms with Crippen LogP contribution in [0.1, 0.15) is 19.2 Å². The molecule has 0 bridgehead atoms. The summed E-state index contributed by atoms with van der Waals surface area (Å²) in [6, 6.07) is 7.10.